The van der Waals surface area contributed by atoms with Gasteiger partial charge in [-0.1, -0.05) is 12.8 Å². The van der Waals surface area contributed by atoms with E-state index in [2.05, 4.69) is 5.32 Å². The number of hydrogen-bond acceptors (Lipinski definition) is 5. The first-order chi connectivity index (χ1) is 8.57. The van der Waals surface area contributed by atoms with E-state index in [1.807, 2.05) is 20.8 Å². The molecule has 0 radical (unpaired) electrons. The Bertz CT molecular complexity index is 281. The van der Waals surface area contributed by atoms with Gasteiger partial charge in [-0.25, -0.2) is 0 Å². The van der Waals surface area contributed by atoms with Crippen LogP contribution in [-0.4, -0.2) is 45.9 Å². The van der Waals surface area contributed by atoms with E-state index in [-0.39, 0.29) is 11.9 Å². The quantitative estimate of drug-likeness (QED) is 0.303. The van der Waals surface area contributed by atoms with Crippen LogP contribution in [0.1, 0.15) is 46.5 Å². The number of hydrogen-bond donors (Lipinski definition) is 5. The zero-order valence-electron chi connectivity index (χ0n) is 12.1. The molecule has 0 saturated carbocycles. The fraction of sp³-hybridized carbons (Fsp3) is 0.917. The molecule has 0 rings (SSSR count). The number of carbonyl (C=O) groups is 1. The second-order valence-electron chi connectivity index (χ2n) is 6.11. The van der Waals surface area contributed by atoms with Crippen molar-refractivity contribution < 1.29 is 19.9 Å². The monoisotopic (exact) mass is 274 g/mol. The Morgan fingerprint density at radius 2 is 1.79 bits per heavy atom. The minimum Gasteiger partial charge on any atom is -0.480 e. The summed E-state index contributed by atoms with van der Waals surface area (Å²) in [6.45, 7) is 6.56. The van der Waals surface area contributed by atoms with E-state index < -0.39 is 18.6 Å². The van der Waals surface area contributed by atoms with Crippen LogP contribution in [-0.2, 0) is 4.79 Å². The molecule has 0 aliphatic carbocycles. The highest BCUT2D eigenvalue weighted by Crippen LogP contribution is 2.17. The van der Waals surface area contributed by atoms with Crippen LogP contribution < -0.4 is 11.1 Å². The average molecular weight is 274 g/mol. The summed E-state index contributed by atoms with van der Waals surface area (Å²) in [4.78, 5) is 11.3. The topological polar surface area (TPSA) is 116 Å². The Balaban J connectivity index is 4.16. The van der Waals surface area contributed by atoms with Crippen LogP contribution >= 0.6 is 0 Å². The predicted octanol–water partition coefficient (Wildman–Crippen LogP) is 0.190. The van der Waals surface area contributed by atoms with E-state index in [0.717, 1.165) is 0 Å². The highest BCUT2D eigenvalue weighted by molar-refractivity contribution is 6.40. The summed E-state index contributed by atoms with van der Waals surface area (Å²) in [5.74, 6) is -1.01. The molecule has 19 heavy (non-hydrogen) atoms. The highest BCUT2D eigenvalue weighted by Gasteiger charge is 2.33. The number of nitrogens with one attached hydrogen (secondary N) is 1. The molecule has 6 nitrogen and oxygen atoms in total. The van der Waals surface area contributed by atoms with Crippen molar-refractivity contribution in [2.45, 2.75) is 63.9 Å². The lowest BCUT2D eigenvalue weighted by molar-refractivity contribution is -0.144. The van der Waals surface area contributed by atoms with E-state index in [1.165, 1.54) is 0 Å². The van der Waals surface area contributed by atoms with Crippen LogP contribution in [0.25, 0.3) is 0 Å². The van der Waals surface area contributed by atoms with Crippen LogP contribution in [0.2, 0.25) is 6.32 Å². The molecule has 0 spiro atoms. The van der Waals surface area contributed by atoms with E-state index >= 15 is 0 Å². The summed E-state index contributed by atoms with van der Waals surface area (Å²) in [6, 6.07) is 0. The molecule has 0 saturated heterocycles. The van der Waals surface area contributed by atoms with Gasteiger partial charge in [0, 0.05) is 5.54 Å². The summed E-state index contributed by atoms with van der Waals surface area (Å²) in [5.41, 5.74) is 4.60. The Hall–Kier alpha value is -0.625. The van der Waals surface area contributed by atoms with Gasteiger partial charge in [-0.2, -0.15) is 0 Å². The third kappa shape index (κ3) is 8.99. The number of carboxylic acids is 1. The molecule has 112 valence electrons. The minimum atomic E-state index is -1.33. The van der Waals surface area contributed by atoms with E-state index in [1.54, 1.807) is 0 Å². The van der Waals surface area contributed by atoms with Gasteiger partial charge in [0.05, 0.1) is 0 Å². The summed E-state index contributed by atoms with van der Waals surface area (Å²) in [6.07, 6.45) is 2.05. The van der Waals surface area contributed by atoms with Crippen LogP contribution in [0, 0.1) is 0 Å². The van der Waals surface area contributed by atoms with E-state index in [0.29, 0.717) is 32.2 Å². The Morgan fingerprint density at radius 1 is 1.21 bits per heavy atom. The normalized spacial score (nSPS) is 15.1. The molecule has 0 aromatic carbocycles. The predicted molar refractivity (Wildman–Crippen MR) is 75.8 cm³/mol. The Labute approximate surface area is 115 Å². The third-order valence-corrected chi connectivity index (χ3v) is 2.99. The smallest absolute Gasteiger partial charge is 0.451 e. The zero-order valence-corrected chi connectivity index (χ0v) is 12.1. The summed E-state index contributed by atoms with van der Waals surface area (Å²) >= 11 is 0. The zero-order chi connectivity index (χ0) is 15.1. The minimum absolute atomic E-state index is 0.0690. The van der Waals surface area contributed by atoms with Gasteiger partial charge in [0.2, 0.25) is 0 Å². The molecule has 0 aliphatic rings. The lowest BCUT2D eigenvalue weighted by Crippen LogP contribution is -2.51. The molecule has 0 aromatic rings. The molecule has 0 bridgehead atoms. The van der Waals surface area contributed by atoms with Gasteiger partial charge in [-0.05, 0) is 46.5 Å². The SMILES string of the molecule is CC(C)(C)NCCC(N)(CCCCB(O)O)C(=O)O. The van der Waals surface area contributed by atoms with Gasteiger partial charge in [0.1, 0.15) is 5.54 Å². The molecule has 1 atom stereocenters. The summed E-state index contributed by atoms with van der Waals surface area (Å²) in [7, 11) is -1.33. The van der Waals surface area contributed by atoms with Crippen molar-refractivity contribution in [1.82, 2.24) is 5.32 Å². The molecule has 7 heteroatoms. The number of unbranched alkanes of at least 4 members (excludes halogenated alkanes) is 1. The summed E-state index contributed by atoms with van der Waals surface area (Å²) < 4.78 is 0. The van der Waals surface area contributed by atoms with Crippen LogP contribution in [0.5, 0.6) is 0 Å². The average Bonchev–Trinajstić information content (AvgIpc) is 2.22. The molecular weight excluding hydrogens is 247 g/mol. The van der Waals surface area contributed by atoms with Gasteiger partial charge in [-0.15, -0.1) is 0 Å². The van der Waals surface area contributed by atoms with Crippen molar-refractivity contribution in [3.05, 3.63) is 0 Å². The van der Waals surface area contributed by atoms with Gasteiger partial charge in [0.15, 0.2) is 0 Å². The van der Waals surface area contributed by atoms with Crippen molar-refractivity contribution in [3.63, 3.8) is 0 Å². The first-order valence-corrected chi connectivity index (χ1v) is 6.70. The molecule has 0 aliphatic heterocycles. The maximum Gasteiger partial charge on any atom is 0.451 e. The highest BCUT2D eigenvalue weighted by atomic mass is 16.4. The van der Waals surface area contributed by atoms with Crippen molar-refractivity contribution in [2.24, 2.45) is 5.73 Å². The second kappa shape index (κ2) is 7.84. The molecule has 0 heterocycles. The van der Waals surface area contributed by atoms with Crippen LogP contribution in [0.15, 0.2) is 0 Å². The number of rotatable bonds is 9. The van der Waals surface area contributed by atoms with Gasteiger partial charge >= 0.3 is 13.1 Å². The van der Waals surface area contributed by atoms with Crippen molar-refractivity contribution in [3.8, 4) is 0 Å². The van der Waals surface area contributed by atoms with Gasteiger partial charge in [0.25, 0.3) is 0 Å². The summed E-state index contributed by atoms with van der Waals surface area (Å²) in [5, 5.41) is 29.9. The molecule has 6 N–H and O–H groups in total. The standard InChI is InChI=1S/C12H27BN2O4/c1-11(2,3)15-9-7-12(14,10(16)17)6-4-5-8-13(18)19/h15,18-19H,4-9,14H2,1-3H3,(H,16,17). The largest absolute Gasteiger partial charge is 0.480 e. The first-order valence-electron chi connectivity index (χ1n) is 6.70. The first kappa shape index (κ1) is 18.4. The number of nitrogens with two attached hydrogens (primary N) is 1. The maximum absolute atomic E-state index is 11.3. The molecule has 0 amide bonds. The second-order valence-corrected chi connectivity index (χ2v) is 6.11. The van der Waals surface area contributed by atoms with Crippen molar-refractivity contribution >= 4 is 13.1 Å². The van der Waals surface area contributed by atoms with Crippen molar-refractivity contribution in [1.29, 1.82) is 0 Å². The number of aliphatic carboxylic acids is 1. The third-order valence-electron chi connectivity index (χ3n) is 2.99. The Morgan fingerprint density at radius 3 is 2.21 bits per heavy atom. The van der Waals surface area contributed by atoms with Crippen LogP contribution in [0.4, 0.5) is 0 Å². The van der Waals surface area contributed by atoms with E-state index in [4.69, 9.17) is 15.8 Å². The van der Waals surface area contributed by atoms with Gasteiger partial charge in [-0.3, -0.25) is 4.79 Å². The fourth-order valence-corrected chi connectivity index (χ4v) is 1.77. The van der Waals surface area contributed by atoms with Gasteiger partial charge < -0.3 is 26.2 Å². The van der Waals surface area contributed by atoms with E-state index in [9.17, 15) is 9.90 Å². The molecule has 1 unspecified atom stereocenters. The lowest BCUT2D eigenvalue weighted by Gasteiger charge is -2.27. The molecular formula is C12H27BN2O4. The molecule has 0 aromatic heterocycles. The lowest BCUT2D eigenvalue weighted by atomic mass is 9.81. The van der Waals surface area contributed by atoms with Crippen molar-refractivity contribution in [2.75, 3.05) is 6.54 Å². The van der Waals surface area contributed by atoms with Crippen LogP contribution in [0.3, 0.4) is 0 Å². The maximum atomic E-state index is 11.3. The molecule has 0 fully saturated rings. The number of carboxylic acid groups (broad SMARTS) is 1. The fourth-order valence-electron chi connectivity index (χ4n) is 1.77. The Kier molecular flexibility index (Phi) is 7.58.